The summed E-state index contributed by atoms with van der Waals surface area (Å²) in [5.41, 5.74) is 10.2. The second-order valence-corrected chi connectivity index (χ2v) is 5.63. The van der Waals surface area contributed by atoms with Gasteiger partial charge in [0.05, 0.1) is 79.3 Å². The van der Waals surface area contributed by atoms with Crippen LogP contribution >= 0.6 is 0 Å². The number of nitrogens with two attached hydrogens (primary N) is 2. The molecule has 12 heteroatoms. The maximum Gasteiger partial charge on any atom is 0.243 e. The van der Waals surface area contributed by atoms with Crippen LogP contribution in [0.25, 0.3) is 0 Å². The Balaban J connectivity index is -0.000000168. The van der Waals surface area contributed by atoms with Crippen molar-refractivity contribution in [3.05, 3.63) is 24.3 Å². The van der Waals surface area contributed by atoms with Crippen LogP contribution in [0.5, 0.6) is 0 Å². The Morgan fingerprint density at radius 2 is 0.719 bits per heavy atom. The number of carbonyl (C=O) groups excluding carboxylic acids is 2. The van der Waals surface area contributed by atoms with Gasteiger partial charge in [0.25, 0.3) is 0 Å². The molecule has 0 saturated heterocycles. The number of rotatable bonds is 16. The van der Waals surface area contributed by atoms with E-state index in [1.165, 1.54) is 0 Å². The molecular weight excluding hydrogens is 428 g/mol. The first-order chi connectivity index (χ1) is 15.1. The second-order valence-electron chi connectivity index (χ2n) is 5.63. The van der Waals surface area contributed by atoms with Crippen molar-refractivity contribution < 1.29 is 49.0 Å². The third-order valence-electron chi connectivity index (χ3n) is 2.53. The van der Waals surface area contributed by atoms with Crippen LogP contribution in [0.3, 0.4) is 0 Å². The fraction of sp³-hybridized carbons (Fsp3) is 0.700. The molecule has 0 atom stereocenters. The van der Waals surface area contributed by atoms with E-state index in [-0.39, 0.29) is 26.4 Å². The summed E-state index contributed by atoms with van der Waals surface area (Å²) < 4.78 is 19.5. The Bertz CT molecular complexity index is 368. The van der Waals surface area contributed by atoms with Gasteiger partial charge in [-0.05, 0) is 13.8 Å². The number of primary amides is 2. The normalized spacial score (nSPS) is 9.19. The molecule has 0 bridgehead atoms. The Hall–Kier alpha value is -1.90. The van der Waals surface area contributed by atoms with E-state index in [2.05, 4.69) is 13.2 Å². The van der Waals surface area contributed by atoms with Crippen molar-refractivity contribution in [3.8, 4) is 0 Å². The third kappa shape index (κ3) is 51.1. The minimum Gasteiger partial charge on any atom is -0.394 e. The summed E-state index contributed by atoms with van der Waals surface area (Å²) >= 11 is 0. The lowest BCUT2D eigenvalue weighted by atomic mass is 10.3. The first-order valence-electron chi connectivity index (χ1n) is 9.77. The number of hydrogen-bond donors (Lipinski definition) is 6. The van der Waals surface area contributed by atoms with Crippen molar-refractivity contribution in [3.63, 3.8) is 0 Å². The van der Waals surface area contributed by atoms with Crippen LogP contribution in [-0.2, 0) is 28.5 Å². The molecule has 0 heterocycles. The molecule has 0 rings (SSSR count). The lowest BCUT2D eigenvalue weighted by molar-refractivity contribution is -0.115. The minimum atomic E-state index is -0.435. The fourth-order valence-electron chi connectivity index (χ4n) is 0.902. The summed E-state index contributed by atoms with van der Waals surface area (Å²) in [6.45, 7) is 13.2. The molecule has 0 aliphatic carbocycles. The van der Waals surface area contributed by atoms with Gasteiger partial charge in [-0.3, -0.25) is 9.59 Å². The number of amides is 2. The molecule has 0 aromatic heterocycles. The SMILES string of the molecule is C=C(C)C(N)=O.C=C(C)C(N)=O.OCCOCCOCCO.OCCOCCOCCO. The van der Waals surface area contributed by atoms with Gasteiger partial charge in [0.2, 0.25) is 11.8 Å². The molecule has 8 N–H and O–H groups in total. The number of aliphatic hydroxyl groups excluding tert-OH is 4. The van der Waals surface area contributed by atoms with E-state index < -0.39 is 11.8 Å². The molecule has 0 saturated carbocycles. The van der Waals surface area contributed by atoms with Gasteiger partial charge in [-0.1, -0.05) is 13.2 Å². The van der Waals surface area contributed by atoms with Crippen LogP contribution in [0.2, 0.25) is 0 Å². The lowest BCUT2D eigenvalue weighted by Gasteiger charge is -2.01. The predicted molar refractivity (Wildman–Crippen MR) is 120 cm³/mol. The summed E-state index contributed by atoms with van der Waals surface area (Å²) in [5, 5.41) is 33.1. The predicted octanol–water partition coefficient (Wildman–Crippen LogP) is -1.90. The van der Waals surface area contributed by atoms with Crippen molar-refractivity contribution in [2.24, 2.45) is 11.5 Å². The van der Waals surface area contributed by atoms with Crippen molar-refractivity contribution >= 4 is 11.8 Å². The zero-order valence-electron chi connectivity index (χ0n) is 19.3. The maximum absolute atomic E-state index is 9.82. The Kier molecular flexibility index (Phi) is 39.4. The van der Waals surface area contributed by atoms with Gasteiger partial charge in [-0.25, -0.2) is 0 Å². The topological polar surface area (TPSA) is 204 Å². The molecule has 0 radical (unpaired) electrons. The van der Waals surface area contributed by atoms with Gasteiger partial charge in [0, 0.05) is 11.1 Å². The molecule has 0 aromatic rings. The molecule has 0 aliphatic rings. The zero-order chi connectivity index (χ0) is 25.6. The molecular formula is C20H42N2O10. The molecule has 192 valence electrons. The summed E-state index contributed by atoms with van der Waals surface area (Å²) in [6, 6.07) is 0. The van der Waals surface area contributed by atoms with Crippen LogP contribution in [0, 0.1) is 0 Å². The van der Waals surface area contributed by atoms with Crippen molar-refractivity contribution in [1.29, 1.82) is 0 Å². The quantitative estimate of drug-likeness (QED) is 0.109. The van der Waals surface area contributed by atoms with E-state index in [1.54, 1.807) is 13.8 Å². The smallest absolute Gasteiger partial charge is 0.243 e. The average Bonchev–Trinajstić information content (AvgIpc) is 2.74. The van der Waals surface area contributed by atoms with Crippen LogP contribution in [0.15, 0.2) is 24.3 Å². The van der Waals surface area contributed by atoms with Crippen LogP contribution in [0.4, 0.5) is 0 Å². The van der Waals surface area contributed by atoms with Crippen molar-refractivity contribution in [2.75, 3.05) is 79.3 Å². The van der Waals surface area contributed by atoms with E-state index in [0.29, 0.717) is 64.0 Å². The van der Waals surface area contributed by atoms with E-state index in [9.17, 15) is 9.59 Å². The molecule has 0 spiro atoms. The minimum absolute atomic E-state index is 0.0417. The Labute approximate surface area is 190 Å². The highest BCUT2D eigenvalue weighted by Gasteiger charge is 1.88. The van der Waals surface area contributed by atoms with E-state index in [1.807, 2.05) is 0 Å². The molecule has 2 amide bonds. The first kappa shape index (κ1) is 37.4. The van der Waals surface area contributed by atoms with Gasteiger partial charge in [0.15, 0.2) is 0 Å². The van der Waals surface area contributed by atoms with Crippen LogP contribution in [0.1, 0.15) is 13.8 Å². The highest BCUT2D eigenvalue weighted by atomic mass is 16.5. The molecule has 0 unspecified atom stereocenters. The fourth-order valence-corrected chi connectivity index (χ4v) is 0.902. The molecule has 12 nitrogen and oxygen atoms in total. The van der Waals surface area contributed by atoms with Gasteiger partial charge in [-0.15, -0.1) is 0 Å². The van der Waals surface area contributed by atoms with E-state index >= 15 is 0 Å². The Morgan fingerprint density at radius 1 is 0.562 bits per heavy atom. The summed E-state index contributed by atoms with van der Waals surface area (Å²) in [7, 11) is 0. The molecule has 32 heavy (non-hydrogen) atoms. The largest absolute Gasteiger partial charge is 0.394 e. The maximum atomic E-state index is 9.82. The molecule has 0 aliphatic heterocycles. The summed E-state index contributed by atoms with van der Waals surface area (Å²) in [4.78, 5) is 19.6. The zero-order valence-corrected chi connectivity index (χ0v) is 19.3. The highest BCUT2D eigenvalue weighted by Crippen LogP contribution is 1.79. The van der Waals surface area contributed by atoms with Gasteiger partial charge in [0.1, 0.15) is 0 Å². The van der Waals surface area contributed by atoms with Crippen molar-refractivity contribution in [2.45, 2.75) is 13.8 Å². The summed E-state index contributed by atoms with van der Waals surface area (Å²) in [5.74, 6) is -0.870. The van der Waals surface area contributed by atoms with Crippen molar-refractivity contribution in [1.82, 2.24) is 0 Å². The van der Waals surface area contributed by atoms with Gasteiger partial charge in [-0.2, -0.15) is 0 Å². The number of aliphatic hydroxyl groups is 4. The average molecular weight is 471 g/mol. The first-order valence-corrected chi connectivity index (χ1v) is 9.77. The monoisotopic (exact) mass is 470 g/mol. The summed E-state index contributed by atoms with van der Waals surface area (Å²) in [6.07, 6.45) is 0. The molecule has 0 fully saturated rings. The number of ether oxygens (including phenoxy) is 4. The van der Waals surface area contributed by atoms with Crippen LogP contribution in [-0.4, -0.2) is 112 Å². The number of hydrogen-bond acceptors (Lipinski definition) is 10. The Morgan fingerprint density at radius 3 is 0.812 bits per heavy atom. The molecule has 0 aromatic carbocycles. The van der Waals surface area contributed by atoms with E-state index in [4.69, 9.17) is 50.8 Å². The lowest BCUT2D eigenvalue weighted by Crippen LogP contribution is -2.10. The highest BCUT2D eigenvalue weighted by molar-refractivity contribution is 5.90. The third-order valence-corrected chi connectivity index (χ3v) is 2.53. The van der Waals surface area contributed by atoms with Crippen LogP contribution < -0.4 is 11.5 Å². The van der Waals surface area contributed by atoms with Gasteiger partial charge >= 0.3 is 0 Å². The van der Waals surface area contributed by atoms with E-state index in [0.717, 1.165) is 0 Å². The van der Waals surface area contributed by atoms with Gasteiger partial charge < -0.3 is 50.8 Å². The standard InChI is InChI=1S/2C6H14O4.2C4H7NO/c2*7-1-3-9-5-6-10-4-2-8;2*1-3(2)4(5)6/h2*7-8H,1-6H2;2*1H2,2H3,(H2,5,6). The number of carbonyl (C=O) groups is 2. The second kappa shape index (κ2) is 33.7.